The van der Waals surface area contributed by atoms with Crippen LogP contribution in [0.2, 0.25) is 0 Å². The summed E-state index contributed by atoms with van der Waals surface area (Å²) in [5.41, 5.74) is 2.88. The predicted molar refractivity (Wildman–Crippen MR) is 83.3 cm³/mol. The van der Waals surface area contributed by atoms with Gasteiger partial charge in [0.1, 0.15) is 0 Å². The summed E-state index contributed by atoms with van der Waals surface area (Å²) in [5, 5.41) is 3.47. The first kappa shape index (κ1) is 13.9. The molecular weight excluding hydrogens is 248 g/mol. The third-order valence-corrected chi connectivity index (χ3v) is 4.67. The van der Waals surface area contributed by atoms with Gasteiger partial charge in [-0.15, -0.1) is 0 Å². The Hall–Kier alpha value is -1.06. The van der Waals surface area contributed by atoms with Gasteiger partial charge in [0, 0.05) is 31.4 Å². The second-order valence-corrected chi connectivity index (χ2v) is 5.95. The molecule has 0 radical (unpaired) electrons. The van der Waals surface area contributed by atoms with Crippen LogP contribution in [0.15, 0.2) is 24.3 Å². The van der Waals surface area contributed by atoms with Crippen molar-refractivity contribution in [2.75, 3.05) is 31.6 Å². The van der Waals surface area contributed by atoms with E-state index in [2.05, 4.69) is 41.5 Å². The molecule has 2 unspecified atom stereocenters. The van der Waals surface area contributed by atoms with Crippen molar-refractivity contribution in [3.05, 3.63) is 29.8 Å². The van der Waals surface area contributed by atoms with Gasteiger partial charge in [-0.1, -0.05) is 18.2 Å². The molecule has 2 aliphatic heterocycles. The summed E-state index contributed by atoms with van der Waals surface area (Å²) in [6, 6.07) is 9.38. The van der Waals surface area contributed by atoms with Crippen LogP contribution in [0.25, 0.3) is 0 Å². The van der Waals surface area contributed by atoms with Crippen LogP contribution in [-0.4, -0.2) is 32.8 Å². The summed E-state index contributed by atoms with van der Waals surface area (Å²) in [4.78, 5) is 2.56. The normalized spacial score (nSPS) is 26.4. The highest BCUT2D eigenvalue weighted by Crippen LogP contribution is 2.33. The van der Waals surface area contributed by atoms with E-state index in [0.717, 1.165) is 13.2 Å². The van der Waals surface area contributed by atoms with Gasteiger partial charge in [0.25, 0.3) is 0 Å². The minimum atomic E-state index is 0.491. The van der Waals surface area contributed by atoms with Crippen molar-refractivity contribution in [2.24, 2.45) is 0 Å². The van der Waals surface area contributed by atoms with E-state index in [9.17, 15) is 0 Å². The van der Waals surface area contributed by atoms with Crippen LogP contribution in [0, 0.1) is 0 Å². The second kappa shape index (κ2) is 6.59. The largest absolute Gasteiger partial charge is 0.378 e. The maximum atomic E-state index is 5.77. The fraction of sp³-hybridized carbons (Fsp3) is 0.647. The van der Waals surface area contributed by atoms with Gasteiger partial charge in [0.15, 0.2) is 0 Å². The Labute approximate surface area is 122 Å². The number of hydrogen-bond acceptors (Lipinski definition) is 3. The molecule has 0 amide bonds. The monoisotopic (exact) mass is 274 g/mol. The molecule has 0 bridgehead atoms. The number of nitrogens with one attached hydrogen (secondary N) is 1. The van der Waals surface area contributed by atoms with Crippen LogP contribution >= 0.6 is 0 Å². The van der Waals surface area contributed by atoms with E-state index in [1.165, 1.54) is 49.9 Å². The molecule has 3 heteroatoms. The molecule has 2 heterocycles. The van der Waals surface area contributed by atoms with Gasteiger partial charge in [0.2, 0.25) is 0 Å². The van der Waals surface area contributed by atoms with Crippen molar-refractivity contribution >= 4 is 5.69 Å². The summed E-state index contributed by atoms with van der Waals surface area (Å²) >= 11 is 0. The SMILES string of the molecule is CNC1CCCN(CCC2CCCO2)c2ccccc21. The second-order valence-electron chi connectivity index (χ2n) is 5.95. The Morgan fingerprint density at radius 1 is 1.25 bits per heavy atom. The lowest BCUT2D eigenvalue weighted by atomic mass is 10.0. The summed E-state index contributed by atoms with van der Waals surface area (Å²) in [5.74, 6) is 0. The molecule has 0 aliphatic carbocycles. The minimum Gasteiger partial charge on any atom is -0.378 e. The standard InChI is InChI=1S/C17H26N2O/c1-18-16-8-4-11-19(12-10-14-6-5-13-20-14)17-9-3-2-7-15(16)17/h2-3,7,9,14,16,18H,4-6,8,10-13H2,1H3. The highest BCUT2D eigenvalue weighted by molar-refractivity contribution is 5.55. The number of ether oxygens (including phenoxy) is 1. The number of fused-ring (bicyclic) bond motifs is 1. The van der Waals surface area contributed by atoms with Crippen LogP contribution in [0.5, 0.6) is 0 Å². The van der Waals surface area contributed by atoms with Crippen LogP contribution < -0.4 is 10.2 Å². The Balaban J connectivity index is 1.73. The van der Waals surface area contributed by atoms with Crippen LogP contribution in [0.4, 0.5) is 5.69 Å². The Morgan fingerprint density at radius 2 is 2.15 bits per heavy atom. The first-order chi connectivity index (χ1) is 9.88. The van der Waals surface area contributed by atoms with Crippen molar-refractivity contribution in [3.63, 3.8) is 0 Å². The van der Waals surface area contributed by atoms with Crippen molar-refractivity contribution < 1.29 is 4.74 Å². The van der Waals surface area contributed by atoms with E-state index < -0.39 is 0 Å². The number of anilines is 1. The molecule has 1 fully saturated rings. The molecule has 3 nitrogen and oxygen atoms in total. The molecule has 0 saturated carbocycles. The smallest absolute Gasteiger partial charge is 0.0592 e. The zero-order valence-corrected chi connectivity index (χ0v) is 12.5. The van der Waals surface area contributed by atoms with Crippen LogP contribution in [0.1, 0.15) is 43.7 Å². The van der Waals surface area contributed by atoms with Gasteiger partial charge in [-0.25, -0.2) is 0 Å². The van der Waals surface area contributed by atoms with E-state index in [1.807, 2.05) is 0 Å². The lowest BCUT2D eigenvalue weighted by Crippen LogP contribution is -2.28. The third-order valence-electron chi connectivity index (χ3n) is 4.67. The molecule has 0 aromatic heterocycles. The van der Waals surface area contributed by atoms with E-state index >= 15 is 0 Å². The zero-order chi connectivity index (χ0) is 13.8. The molecule has 20 heavy (non-hydrogen) atoms. The average Bonchev–Trinajstić information content (AvgIpc) is 2.94. The van der Waals surface area contributed by atoms with Crippen molar-refractivity contribution in [2.45, 2.75) is 44.2 Å². The lowest BCUT2D eigenvalue weighted by Gasteiger charge is -2.27. The molecule has 1 aromatic carbocycles. The molecule has 3 rings (SSSR count). The average molecular weight is 274 g/mol. The highest BCUT2D eigenvalue weighted by atomic mass is 16.5. The minimum absolute atomic E-state index is 0.491. The number of rotatable bonds is 4. The molecule has 1 N–H and O–H groups in total. The maximum Gasteiger partial charge on any atom is 0.0592 e. The molecule has 1 saturated heterocycles. The summed E-state index contributed by atoms with van der Waals surface area (Å²) in [7, 11) is 2.07. The summed E-state index contributed by atoms with van der Waals surface area (Å²) in [6.45, 7) is 3.25. The van der Waals surface area contributed by atoms with Crippen LogP contribution in [-0.2, 0) is 4.74 Å². The summed E-state index contributed by atoms with van der Waals surface area (Å²) in [6.07, 6.45) is 6.62. The van der Waals surface area contributed by atoms with E-state index in [4.69, 9.17) is 4.74 Å². The number of nitrogens with zero attached hydrogens (tertiary/aromatic N) is 1. The van der Waals surface area contributed by atoms with Gasteiger partial charge >= 0.3 is 0 Å². The van der Waals surface area contributed by atoms with Gasteiger partial charge in [-0.3, -0.25) is 0 Å². The quantitative estimate of drug-likeness (QED) is 0.913. The van der Waals surface area contributed by atoms with Crippen molar-refractivity contribution in [1.82, 2.24) is 5.32 Å². The molecule has 0 spiro atoms. The fourth-order valence-electron chi connectivity index (χ4n) is 3.54. The maximum absolute atomic E-state index is 5.77. The van der Waals surface area contributed by atoms with Gasteiger partial charge in [-0.05, 0) is 50.8 Å². The van der Waals surface area contributed by atoms with E-state index in [0.29, 0.717) is 12.1 Å². The zero-order valence-electron chi connectivity index (χ0n) is 12.5. The van der Waals surface area contributed by atoms with Gasteiger partial charge in [-0.2, -0.15) is 0 Å². The first-order valence-corrected chi connectivity index (χ1v) is 8.01. The third kappa shape index (κ3) is 2.99. The van der Waals surface area contributed by atoms with Crippen LogP contribution in [0.3, 0.4) is 0 Å². The lowest BCUT2D eigenvalue weighted by molar-refractivity contribution is 0.105. The number of hydrogen-bond donors (Lipinski definition) is 1. The molecule has 110 valence electrons. The Kier molecular flexibility index (Phi) is 4.58. The van der Waals surface area contributed by atoms with Crippen molar-refractivity contribution in [3.8, 4) is 0 Å². The molecule has 1 aromatic rings. The summed E-state index contributed by atoms with van der Waals surface area (Å²) < 4.78 is 5.77. The molecule has 2 aliphatic rings. The Bertz CT molecular complexity index is 429. The molecule has 2 atom stereocenters. The van der Waals surface area contributed by atoms with Crippen molar-refractivity contribution in [1.29, 1.82) is 0 Å². The topological polar surface area (TPSA) is 24.5 Å². The number of benzene rings is 1. The van der Waals surface area contributed by atoms with E-state index in [-0.39, 0.29) is 0 Å². The first-order valence-electron chi connectivity index (χ1n) is 8.01. The number of para-hydroxylation sites is 1. The van der Waals surface area contributed by atoms with E-state index in [1.54, 1.807) is 0 Å². The molecular formula is C17H26N2O. The highest BCUT2D eigenvalue weighted by Gasteiger charge is 2.23. The van der Waals surface area contributed by atoms with Gasteiger partial charge in [0.05, 0.1) is 6.10 Å². The van der Waals surface area contributed by atoms with Gasteiger partial charge < -0.3 is 15.0 Å². The predicted octanol–water partition coefficient (Wildman–Crippen LogP) is 3.12. The Morgan fingerprint density at radius 3 is 2.95 bits per heavy atom. The fourth-order valence-corrected chi connectivity index (χ4v) is 3.54.